The van der Waals surface area contributed by atoms with Crippen molar-refractivity contribution in [1.29, 1.82) is 0 Å². The average Bonchev–Trinajstić information content (AvgIpc) is 2.29. The molecule has 1 atom stereocenters. The average molecular weight is 234 g/mol. The Kier molecular flexibility index (Phi) is 3.07. The summed E-state index contributed by atoms with van der Waals surface area (Å²) in [6.07, 6.45) is -0.285. The SMILES string of the molecule is CC(c1ccc2c(c1)OC(=O)N(C)C2)N(C)C. The molecule has 2 rings (SSSR count). The zero-order chi connectivity index (χ0) is 12.6. The first kappa shape index (κ1) is 11.9. The number of nitrogens with zero attached hydrogens (tertiary/aromatic N) is 2. The number of fused-ring (bicyclic) bond motifs is 1. The largest absolute Gasteiger partial charge is 0.415 e. The van der Waals surface area contributed by atoms with Gasteiger partial charge < -0.3 is 14.5 Å². The molecular weight excluding hydrogens is 216 g/mol. The molecule has 0 fully saturated rings. The third-order valence-electron chi connectivity index (χ3n) is 3.26. The van der Waals surface area contributed by atoms with Crippen LogP contribution in [0.15, 0.2) is 18.2 Å². The lowest BCUT2D eigenvalue weighted by Gasteiger charge is -2.26. The summed E-state index contributed by atoms with van der Waals surface area (Å²) < 4.78 is 5.28. The second-order valence-corrected chi connectivity index (χ2v) is 4.73. The van der Waals surface area contributed by atoms with Crippen molar-refractivity contribution in [2.75, 3.05) is 21.1 Å². The molecule has 0 radical (unpaired) electrons. The van der Waals surface area contributed by atoms with E-state index in [1.165, 1.54) is 0 Å². The van der Waals surface area contributed by atoms with Crippen LogP contribution in [0.2, 0.25) is 0 Å². The molecule has 4 heteroatoms. The molecule has 0 aliphatic carbocycles. The van der Waals surface area contributed by atoms with Gasteiger partial charge in [0.2, 0.25) is 0 Å². The van der Waals surface area contributed by atoms with Crippen molar-refractivity contribution in [2.24, 2.45) is 0 Å². The highest BCUT2D eigenvalue weighted by molar-refractivity contribution is 5.73. The quantitative estimate of drug-likeness (QED) is 0.786. The number of ether oxygens (including phenoxy) is 1. The molecule has 1 unspecified atom stereocenters. The van der Waals surface area contributed by atoms with Gasteiger partial charge in [-0.25, -0.2) is 4.79 Å². The van der Waals surface area contributed by atoms with Crippen molar-refractivity contribution in [3.05, 3.63) is 29.3 Å². The summed E-state index contributed by atoms with van der Waals surface area (Å²) >= 11 is 0. The van der Waals surface area contributed by atoms with E-state index in [-0.39, 0.29) is 6.09 Å². The molecule has 1 aromatic rings. The van der Waals surface area contributed by atoms with Crippen LogP contribution in [0.3, 0.4) is 0 Å². The lowest BCUT2D eigenvalue weighted by molar-refractivity contribution is 0.150. The van der Waals surface area contributed by atoms with Gasteiger partial charge in [0.05, 0.1) is 6.54 Å². The number of hydrogen-bond acceptors (Lipinski definition) is 3. The third-order valence-corrected chi connectivity index (χ3v) is 3.26. The van der Waals surface area contributed by atoms with Crippen LogP contribution >= 0.6 is 0 Å². The van der Waals surface area contributed by atoms with Gasteiger partial charge in [-0.15, -0.1) is 0 Å². The zero-order valence-corrected chi connectivity index (χ0v) is 10.7. The Morgan fingerprint density at radius 3 is 2.76 bits per heavy atom. The number of hydrogen-bond donors (Lipinski definition) is 0. The van der Waals surface area contributed by atoms with Crippen LogP contribution in [-0.4, -0.2) is 37.0 Å². The van der Waals surface area contributed by atoms with Gasteiger partial charge in [0.1, 0.15) is 5.75 Å². The van der Waals surface area contributed by atoms with Crippen LogP contribution in [0.25, 0.3) is 0 Å². The molecule has 0 bridgehead atoms. The van der Waals surface area contributed by atoms with Crippen molar-refractivity contribution < 1.29 is 9.53 Å². The van der Waals surface area contributed by atoms with Crippen LogP contribution in [-0.2, 0) is 6.54 Å². The minimum absolute atomic E-state index is 0.285. The van der Waals surface area contributed by atoms with Gasteiger partial charge in [0, 0.05) is 18.7 Å². The molecule has 0 spiro atoms. The maximum absolute atomic E-state index is 11.5. The third kappa shape index (κ3) is 2.26. The maximum Gasteiger partial charge on any atom is 0.415 e. The molecule has 1 amide bonds. The Labute approximate surface area is 102 Å². The first-order chi connectivity index (χ1) is 7.99. The summed E-state index contributed by atoms with van der Waals surface area (Å²) in [7, 11) is 5.80. The van der Waals surface area contributed by atoms with Crippen LogP contribution in [0.5, 0.6) is 5.75 Å². The second kappa shape index (κ2) is 4.37. The monoisotopic (exact) mass is 234 g/mol. The van der Waals surface area contributed by atoms with E-state index in [1.54, 1.807) is 11.9 Å². The molecular formula is C13H18N2O2. The van der Waals surface area contributed by atoms with E-state index >= 15 is 0 Å². The normalized spacial score (nSPS) is 16.8. The highest BCUT2D eigenvalue weighted by Crippen LogP contribution is 2.29. The minimum Gasteiger partial charge on any atom is -0.410 e. The first-order valence-electron chi connectivity index (χ1n) is 5.71. The highest BCUT2D eigenvalue weighted by Gasteiger charge is 2.22. The van der Waals surface area contributed by atoms with Crippen molar-refractivity contribution in [3.8, 4) is 5.75 Å². The maximum atomic E-state index is 11.5. The van der Waals surface area contributed by atoms with E-state index in [0.717, 1.165) is 11.1 Å². The standard InChI is InChI=1S/C13H18N2O2/c1-9(14(2)3)10-5-6-11-8-15(4)13(16)17-12(11)7-10/h5-7,9H,8H2,1-4H3. The van der Waals surface area contributed by atoms with Crippen LogP contribution in [0, 0.1) is 0 Å². The predicted molar refractivity (Wildman–Crippen MR) is 66.0 cm³/mol. The van der Waals surface area contributed by atoms with E-state index in [4.69, 9.17) is 4.74 Å². The molecule has 17 heavy (non-hydrogen) atoms. The van der Waals surface area contributed by atoms with E-state index < -0.39 is 0 Å². The van der Waals surface area contributed by atoms with Gasteiger partial charge in [-0.2, -0.15) is 0 Å². The molecule has 4 nitrogen and oxygen atoms in total. The molecule has 0 saturated carbocycles. The molecule has 1 aliphatic heterocycles. The summed E-state index contributed by atoms with van der Waals surface area (Å²) in [4.78, 5) is 15.2. The second-order valence-electron chi connectivity index (χ2n) is 4.73. The molecule has 0 saturated heterocycles. The van der Waals surface area contributed by atoms with Gasteiger partial charge in [-0.05, 0) is 32.6 Å². The summed E-state index contributed by atoms with van der Waals surface area (Å²) in [6, 6.07) is 6.40. The summed E-state index contributed by atoms with van der Waals surface area (Å²) in [5, 5.41) is 0. The molecule has 92 valence electrons. The smallest absolute Gasteiger partial charge is 0.410 e. The number of benzene rings is 1. The van der Waals surface area contributed by atoms with Crippen molar-refractivity contribution in [2.45, 2.75) is 19.5 Å². The molecule has 1 aromatic carbocycles. The highest BCUT2D eigenvalue weighted by atomic mass is 16.6. The number of carbonyl (C=O) groups is 1. The Morgan fingerprint density at radius 1 is 1.41 bits per heavy atom. The minimum atomic E-state index is -0.285. The van der Waals surface area contributed by atoms with Gasteiger partial charge >= 0.3 is 6.09 Å². The lowest BCUT2D eigenvalue weighted by Crippen LogP contribution is -2.33. The number of amides is 1. The Bertz CT molecular complexity index is 443. The predicted octanol–water partition coefficient (Wildman–Crippen LogP) is 2.25. The van der Waals surface area contributed by atoms with Gasteiger partial charge in [0.15, 0.2) is 0 Å². The summed E-state index contributed by atoms with van der Waals surface area (Å²) in [5.74, 6) is 0.694. The molecule has 0 N–H and O–H groups in total. The van der Waals surface area contributed by atoms with Gasteiger partial charge in [0.25, 0.3) is 0 Å². The zero-order valence-electron chi connectivity index (χ0n) is 10.7. The summed E-state index contributed by atoms with van der Waals surface area (Å²) in [5.41, 5.74) is 2.22. The number of carbonyl (C=O) groups excluding carboxylic acids is 1. The molecule has 1 aliphatic rings. The Balaban J connectivity index is 2.32. The lowest BCUT2D eigenvalue weighted by atomic mass is 10.0. The Morgan fingerprint density at radius 2 is 2.12 bits per heavy atom. The van der Waals surface area contributed by atoms with E-state index in [2.05, 4.69) is 17.9 Å². The fourth-order valence-corrected chi connectivity index (χ4v) is 1.85. The van der Waals surface area contributed by atoms with Crippen LogP contribution < -0.4 is 4.74 Å². The Hall–Kier alpha value is -1.55. The van der Waals surface area contributed by atoms with Gasteiger partial charge in [-0.1, -0.05) is 12.1 Å². The topological polar surface area (TPSA) is 32.8 Å². The van der Waals surface area contributed by atoms with Gasteiger partial charge in [-0.3, -0.25) is 0 Å². The fourth-order valence-electron chi connectivity index (χ4n) is 1.85. The summed E-state index contributed by atoms with van der Waals surface area (Å²) in [6.45, 7) is 2.74. The van der Waals surface area contributed by atoms with E-state index in [9.17, 15) is 4.79 Å². The van der Waals surface area contributed by atoms with Crippen LogP contribution in [0.4, 0.5) is 4.79 Å². The van der Waals surface area contributed by atoms with Crippen molar-refractivity contribution >= 4 is 6.09 Å². The van der Waals surface area contributed by atoms with E-state index in [0.29, 0.717) is 18.3 Å². The fraction of sp³-hybridized carbons (Fsp3) is 0.462. The molecule has 1 heterocycles. The van der Waals surface area contributed by atoms with Crippen molar-refractivity contribution in [1.82, 2.24) is 9.80 Å². The number of rotatable bonds is 2. The van der Waals surface area contributed by atoms with Crippen molar-refractivity contribution in [3.63, 3.8) is 0 Å². The molecule has 0 aromatic heterocycles. The first-order valence-corrected chi connectivity index (χ1v) is 5.71. The van der Waals surface area contributed by atoms with E-state index in [1.807, 2.05) is 26.2 Å². The van der Waals surface area contributed by atoms with Crippen LogP contribution in [0.1, 0.15) is 24.1 Å².